The molecule has 2 aliphatic rings. The van der Waals surface area contributed by atoms with E-state index in [0.29, 0.717) is 34.9 Å². The van der Waals surface area contributed by atoms with Crippen LogP contribution in [0.25, 0.3) is 0 Å². The van der Waals surface area contributed by atoms with Crippen molar-refractivity contribution in [1.29, 1.82) is 0 Å². The van der Waals surface area contributed by atoms with Crippen LogP contribution in [-0.4, -0.2) is 36.9 Å². The van der Waals surface area contributed by atoms with Crippen LogP contribution in [0.2, 0.25) is 10.0 Å². The summed E-state index contributed by atoms with van der Waals surface area (Å²) >= 11 is 13.9. The number of carbonyl (C=O) groups excluding carboxylic acids is 1. The van der Waals surface area contributed by atoms with Crippen molar-refractivity contribution in [3.8, 4) is 11.5 Å². The third-order valence-corrected chi connectivity index (χ3v) is 7.15. The lowest BCUT2D eigenvalue weighted by atomic mass is 10.0. The van der Waals surface area contributed by atoms with E-state index in [1.54, 1.807) is 0 Å². The fourth-order valence-corrected chi connectivity index (χ4v) is 4.94. The van der Waals surface area contributed by atoms with Crippen molar-refractivity contribution in [3.05, 3.63) is 57.0 Å². The average Bonchev–Trinajstić information content (AvgIpc) is 3.44. The van der Waals surface area contributed by atoms with Crippen LogP contribution in [-0.2, 0) is 16.0 Å². The number of benzene rings is 1. The molecule has 2 aromatic rings. The lowest BCUT2D eigenvalue weighted by molar-refractivity contribution is -0.605. The van der Waals surface area contributed by atoms with Gasteiger partial charge >= 0.3 is 12.6 Å². The van der Waals surface area contributed by atoms with Crippen LogP contribution in [0.4, 0.5) is 8.78 Å². The third kappa shape index (κ3) is 6.56. The molecule has 1 aromatic heterocycles. The van der Waals surface area contributed by atoms with Crippen molar-refractivity contribution >= 4 is 40.9 Å². The minimum Gasteiger partial charge on any atom is -0.619 e. The fourth-order valence-electron chi connectivity index (χ4n) is 3.44. The Morgan fingerprint density at radius 1 is 1.24 bits per heavy atom. The highest BCUT2D eigenvalue weighted by atomic mass is 35.5. The first-order chi connectivity index (χ1) is 16.3. The van der Waals surface area contributed by atoms with Gasteiger partial charge in [-0.25, -0.2) is 4.79 Å². The zero-order valence-electron chi connectivity index (χ0n) is 17.8. The lowest BCUT2D eigenvalue weighted by Gasteiger charge is -2.22. The first-order valence-electron chi connectivity index (χ1n) is 10.6. The molecule has 12 heteroatoms. The van der Waals surface area contributed by atoms with E-state index in [-0.39, 0.29) is 28.0 Å². The van der Waals surface area contributed by atoms with Gasteiger partial charge in [0.25, 0.3) is 0 Å². The number of thioether (sulfide) groups is 1. The third-order valence-electron chi connectivity index (χ3n) is 5.36. The quantitative estimate of drug-likeness (QED) is 0.273. The van der Waals surface area contributed by atoms with E-state index >= 15 is 0 Å². The number of alkyl halides is 2. The maximum absolute atomic E-state index is 12.9. The normalized spacial score (nSPS) is 18.7. The summed E-state index contributed by atoms with van der Waals surface area (Å²) in [6.07, 6.45) is 3.51. The highest BCUT2D eigenvalue weighted by molar-refractivity contribution is 8.00. The number of hydrogen-bond donors (Lipinski definition) is 1. The number of nitrogens with one attached hydrogen (secondary N) is 1. The van der Waals surface area contributed by atoms with Gasteiger partial charge in [0.1, 0.15) is 16.1 Å². The molecule has 4 rings (SSSR count). The maximum atomic E-state index is 12.9. The summed E-state index contributed by atoms with van der Waals surface area (Å²) in [6, 6.07) is 4.39. The van der Waals surface area contributed by atoms with Crippen LogP contribution < -0.4 is 19.5 Å². The number of aromatic nitrogens is 1. The Kier molecular flexibility index (Phi) is 8.23. The Bertz CT molecular complexity index is 1020. The Morgan fingerprint density at radius 3 is 2.59 bits per heavy atom. The minimum atomic E-state index is -3.02. The summed E-state index contributed by atoms with van der Waals surface area (Å²) in [5.41, 5.74) is 0.892. The molecular formula is C22H22Cl2F2N2O5S. The Morgan fingerprint density at radius 2 is 1.97 bits per heavy atom. The molecule has 2 atom stereocenters. The molecule has 184 valence electrons. The molecule has 0 radical (unpaired) electrons. The van der Waals surface area contributed by atoms with Gasteiger partial charge in [0.15, 0.2) is 29.3 Å². The maximum Gasteiger partial charge on any atom is 0.387 e. The van der Waals surface area contributed by atoms with Crippen LogP contribution in [0.3, 0.4) is 0 Å². The van der Waals surface area contributed by atoms with Gasteiger partial charge in [0.2, 0.25) is 0 Å². The van der Waals surface area contributed by atoms with E-state index in [9.17, 15) is 18.8 Å². The molecule has 7 nitrogen and oxygen atoms in total. The summed E-state index contributed by atoms with van der Waals surface area (Å²) in [5.74, 6) is 0.677. The topological polar surface area (TPSA) is 83.7 Å². The Balaban J connectivity index is 1.65. The van der Waals surface area contributed by atoms with E-state index in [1.165, 1.54) is 30.0 Å². The van der Waals surface area contributed by atoms with Crippen LogP contribution in [0.1, 0.15) is 30.1 Å². The SMILES string of the molecule is O=C(O[C@H](Cc1c(Cl)c[n+]([O-])cc1Cl)c1ccc(OC(F)F)c(OCC2CC2)c1)[C@@H]1NCCS1. The van der Waals surface area contributed by atoms with Gasteiger partial charge in [-0.15, -0.1) is 11.8 Å². The molecule has 0 unspecified atom stereocenters. The zero-order chi connectivity index (χ0) is 24.2. The van der Waals surface area contributed by atoms with E-state index in [2.05, 4.69) is 10.1 Å². The molecule has 0 amide bonds. The number of ether oxygens (including phenoxy) is 3. The Labute approximate surface area is 209 Å². The van der Waals surface area contributed by atoms with Gasteiger partial charge in [-0.2, -0.15) is 13.5 Å². The van der Waals surface area contributed by atoms with Gasteiger partial charge in [0.05, 0.1) is 6.61 Å². The smallest absolute Gasteiger partial charge is 0.387 e. The zero-order valence-corrected chi connectivity index (χ0v) is 20.2. The van der Waals surface area contributed by atoms with Gasteiger partial charge in [0, 0.05) is 24.3 Å². The molecule has 1 aliphatic carbocycles. The fraction of sp³-hybridized carbons (Fsp3) is 0.455. The first-order valence-corrected chi connectivity index (χ1v) is 12.4. The van der Waals surface area contributed by atoms with Gasteiger partial charge in [-0.3, -0.25) is 5.32 Å². The summed E-state index contributed by atoms with van der Waals surface area (Å²) in [4.78, 5) is 12.8. The second-order valence-electron chi connectivity index (χ2n) is 7.97. The van der Waals surface area contributed by atoms with Crippen molar-refractivity contribution < 1.29 is 32.5 Å². The summed E-state index contributed by atoms with van der Waals surface area (Å²) < 4.78 is 42.5. The van der Waals surface area contributed by atoms with Crippen LogP contribution in [0.15, 0.2) is 30.6 Å². The predicted octanol–water partition coefficient (Wildman–Crippen LogP) is 4.51. The molecule has 1 aliphatic heterocycles. The number of esters is 1. The Hall–Kier alpha value is -2.01. The number of halogens is 4. The number of carbonyl (C=O) groups is 1. The standard InChI is InChI=1S/C22H22Cl2F2N2O5S/c23-15-9-28(30)10-16(24)14(15)8-18(32-21(29)20-27-5-6-34-20)13-3-4-17(33-22(25)26)19(7-13)31-11-12-1-2-12/h3-4,7,9-10,12,18,20,22,27H,1-2,5-6,8,11H2/t18-,20-/m1/s1. The van der Waals surface area contributed by atoms with Gasteiger partial charge in [-0.1, -0.05) is 29.3 Å². The van der Waals surface area contributed by atoms with Crippen molar-refractivity contribution in [2.45, 2.75) is 37.4 Å². The molecule has 1 saturated heterocycles. The number of hydrogen-bond acceptors (Lipinski definition) is 7. The first kappa shape index (κ1) is 25.1. The van der Waals surface area contributed by atoms with Crippen molar-refractivity contribution in [2.75, 3.05) is 18.9 Å². The highest BCUT2D eigenvalue weighted by Gasteiger charge is 2.30. The second kappa shape index (κ2) is 11.2. The van der Waals surface area contributed by atoms with E-state index in [4.69, 9.17) is 32.7 Å². The number of nitrogens with zero attached hydrogens (tertiary/aromatic N) is 1. The molecule has 34 heavy (non-hydrogen) atoms. The number of pyridine rings is 1. The second-order valence-corrected chi connectivity index (χ2v) is 9.99. The molecule has 1 saturated carbocycles. The van der Waals surface area contributed by atoms with Crippen molar-refractivity contribution in [2.24, 2.45) is 5.92 Å². The van der Waals surface area contributed by atoms with Crippen molar-refractivity contribution in [1.82, 2.24) is 5.32 Å². The predicted molar refractivity (Wildman–Crippen MR) is 124 cm³/mol. The highest BCUT2D eigenvalue weighted by Crippen LogP contribution is 2.38. The minimum absolute atomic E-state index is 0.0543. The average molecular weight is 535 g/mol. The molecule has 1 N–H and O–H groups in total. The van der Waals surface area contributed by atoms with Gasteiger partial charge in [-0.05, 0) is 36.5 Å². The molecule has 2 fully saturated rings. The monoisotopic (exact) mass is 534 g/mol. The van der Waals surface area contributed by atoms with Crippen LogP contribution in [0, 0.1) is 11.1 Å². The molecular weight excluding hydrogens is 513 g/mol. The largest absolute Gasteiger partial charge is 0.619 e. The van der Waals surface area contributed by atoms with E-state index in [1.807, 2.05) is 0 Å². The molecule has 0 spiro atoms. The van der Waals surface area contributed by atoms with E-state index < -0.39 is 24.1 Å². The van der Waals surface area contributed by atoms with E-state index in [0.717, 1.165) is 31.0 Å². The summed E-state index contributed by atoms with van der Waals surface area (Å²) in [5, 5.41) is 14.4. The van der Waals surface area contributed by atoms with Crippen LogP contribution in [0.5, 0.6) is 11.5 Å². The molecule has 1 aromatic carbocycles. The number of rotatable bonds is 10. The lowest BCUT2D eigenvalue weighted by Crippen LogP contribution is -2.32. The summed E-state index contributed by atoms with van der Waals surface area (Å²) in [6.45, 7) is -1.97. The summed E-state index contributed by atoms with van der Waals surface area (Å²) in [7, 11) is 0. The van der Waals surface area contributed by atoms with Crippen molar-refractivity contribution in [3.63, 3.8) is 0 Å². The molecule has 2 heterocycles. The van der Waals surface area contributed by atoms with Crippen LogP contribution >= 0.6 is 35.0 Å². The molecule has 0 bridgehead atoms. The van der Waals surface area contributed by atoms with Gasteiger partial charge < -0.3 is 19.4 Å².